The molecule has 0 saturated carbocycles. The van der Waals surface area contributed by atoms with Crippen molar-refractivity contribution in [2.45, 2.75) is 45.9 Å². The molecule has 1 aromatic carbocycles. The first-order valence-corrected chi connectivity index (χ1v) is 6.61. The molecule has 0 spiro atoms. The van der Waals surface area contributed by atoms with E-state index in [2.05, 4.69) is 30.9 Å². The Kier molecular flexibility index (Phi) is 6.16. The third-order valence-electron chi connectivity index (χ3n) is 3.19. The van der Waals surface area contributed by atoms with Crippen LogP contribution in [0.1, 0.15) is 32.8 Å². The quantitative estimate of drug-likeness (QED) is 0.808. The number of ether oxygens (including phenoxy) is 1. The highest BCUT2D eigenvalue weighted by Gasteiger charge is 2.14. The fourth-order valence-electron chi connectivity index (χ4n) is 1.82. The van der Waals surface area contributed by atoms with Crippen molar-refractivity contribution in [3.8, 4) is 5.75 Å². The minimum atomic E-state index is -0.245. The lowest BCUT2D eigenvalue weighted by Gasteiger charge is -2.28. The van der Waals surface area contributed by atoms with Crippen molar-refractivity contribution in [3.05, 3.63) is 29.8 Å². The lowest BCUT2D eigenvalue weighted by Crippen LogP contribution is -2.36. The van der Waals surface area contributed by atoms with Gasteiger partial charge in [-0.15, -0.1) is 0 Å². The van der Waals surface area contributed by atoms with Gasteiger partial charge < -0.3 is 9.84 Å². The van der Waals surface area contributed by atoms with Crippen LogP contribution in [0, 0.1) is 0 Å². The van der Waals surface area contributed by atoms with Crippen LogP contribution in [0.3, 0.4) is 0 Å². The van der Waals surface area contributed by atoms with Crippen molar-refractivity contribution >= 4 is 0 Å². The molecule has 0 aliphatic heterocycles. The molecule has 1 N–H and O–H groups in total. The SMILES string of the molecule is CC[C@@H](O)CN(Cc1ccc(OC)cc1)C(C)C. The van der Waals surface area contributed by atoms with Gasteiger partial charge in [0.15, 0.2) is 0 Å². The number of nitrogens with zero attached hydrogens (tertiary/aromatic N) is 1. The first-order chi connectivity index (χ1) is 8.56. The van der Waals surface area contributed by atoms with Crippen LogP contribution in [0.15, 0.2) is 24.3 Å². The van der Waals surface area contributed by atoms with Gasteiger partial charge in [-0.2, -0.15) is 0 Å². The average Bonchev–Trinajstić information content (AvgIpc) is 2.38. The minimum absolute atomic E-state index is 0.245. The van der Waals surface area contributed by atoms with Crippen LogP contribution in [0.4, 0.5) is 0 Å². The predicted molar refractivity (Wildman–Crippen MR) is 74.8 cm³/mol. The normalized spacial score (nSPS) is 13.1. The van der Waals surface area contributed by atoms with Gasteiger partial charge in [0.05, 0.1) is 13.2 Å². The molecule has 0 heterocycles. The number of rotatable bonds is 7. The Morgan fingerprint density at radius 1 is 1.22 bits per heavy atom. The average molecular weight is 251 g/mol. The summed E-state index contributed by atoms with van der Waals surface area (Å²) in [6.07, 6.45) is 0.553. The molecule has 0 fully saturated rings. The zero-order valence-corrected chi connectivity index (χ0v) is 11.9. The molecule has 1 aromatic rings. The largest absolute Gasteiger partial charge is 0.497 e. The zero-order chi connectivity index (χ0) is 13.5. The molecule has 1 atom stereocenters. The highest BCUT2D eigenvalue weighted by atomic mass is 16.5. The number of aliphatic hydroxyl groups excluding tert-OH is 1. The second kappa shape index (κ2) is 7.39. The summed E-state index contributed by atoms with van der Waals surface area (Å²) >= 11 is 0. The molecule has 0 saturated heterocycles. The highest BCUT2D eigenvalue weighted by Crippen LogP contribution is 2.14. The second-order valence-electron chi connectivity index (χ2n) is 4.93. The molecule has 0 amide bonds. The zero-order valence-electron chi connectivity index (χ0n) is 11.9. The van der Waals surface area contributed by atoms with Crippen molar-refractivity contribution < 1.29 is 9.84 Å². The van der Waals surface area contributed by atoms with Crippen molar-refractivity contribution in [2.24, 2.45) is 0 Å². The molecule has 102 valence electrons. The summed E-state index contributed by atoms with van der Waals surface area (Å²) in [6, 6.07) is 8.53. The third kappa shape index (κ3) is 4.67. The van der Waals surface area contributed by atoms with Gasteiger partial charge >= 0.3 is 0 Å². The first-order valence-electron chi connectivity index (χ1n) is 6.61. The molecule has 1 rings (SSSR count). The Bertz CT molecular complexity index is 335. The molecular weight excluding hydrogens is 226 g/mol. The van der Waals surface area contributed by atoms with Crippen LogP contribution >= 0.6 is 0 Å². The number of hydrogen-bond acceptors (Lipinski definition) is 3. The molecular formula is C15H25NO2. The summed E-state index contributed by atoms with van der Waals surface area (Å²) < 4.78 is 5.15. The van der Waals surface area contributed by atoms with Gasteiger partial charge in [0.1, 0.15) is 5.75 Å². The molecule has 0 radical (unpaired) electrons. The summed E-state index contributed by atoms with van der Waals surface area (Å²) in [6.45, 7) is 7.91. The fourth-order valence-corrected chi connectivity index (χ4v) is 1.82. The van der Waals surface area contributed by atoms with Crippen LogP contribution in [0.25, 0.3) is 0 Å². The maximum atomic E-state index is 9.78. The van der Waals surface area contributed by atoms with E-state index in [4.69, 9.17) is 4.74 Å². The van der Waals surface area contributed by atoms with Crippen LogP contribution < -0.4 is 4.74 Å². The van der Waals surface area contributed by atoms with Gasteiger partial charge in [-0.25, -0.2) is 0 Å². The van der Waals surface area contributed by atoms with Crippen LogP contribution in [0.5, 0.6) is 5.75 Å². The smallest absolute Gasteiger partial charge is 0.118 e. The number of methoxy groups -OCH3 is 1. The van der Waals surface area contributed by atoms with Crippen molar-refractivity contribution in [3.63, 3.8) is 0 Å². The van der Waals surface area contributed by atoms with E-state index in [-0.39, 0.29) is 6.10 Å². The predicted octanol–water partition coefficient (Wildman–Crippen LogP) is 2.68. The maximum absolute atomic E-state index is 9.78. The van der Waals surface area contributed by atoms with E-state index in [9.17, 15) is 5.11 Å². The number of aliphatic hydroxyl groups is 1. The van der Waals surface area contributed by atoms with Crippen molar-refractivity contribution in [1.82, 2.24) is 4.90 Å². The topological polar surface area (TPSA) is 32.7 Å². The third-order valence-corrected chi connectivity index (χ3v) is 3.19. The summed E-state index contributed by atoms with van der Waals surface area (Å²) in [5.41, 5.74) is 1.24. The summed E-state index contributed by atoms with van der Waals surface area (Å²) in [4.78, 5) is 2.29. The molecule has 0 aliphatic rings. The van der Waals surface area contributed by atoms with E-state index >= 15 is 0 Å². The Morgan fingerprint density at radius 2 is 1.83 bits per heavy atom. The molecule has 3 nitrogen and oxygen atoms in total. The Hall–Kier alpha value is -1.06. The van der Waals surface area contributed by atoms with E-state index in [0.29, 0.717) is 6.04 Å². The van der Waals surface area contributed by atoms with Gasteiger partial charge in [-0.05, 0) is 38.0 Å². The van der Waals surface area contributed by atoms with Crippen LogP contribution in [0.2, 0.25) is 0 Å². The van der Waals surface area contributed by atoms with E-state index in [1.807, 2.05) is 19.1 Å². The molecule has 3 heteroatoms. The van der Waals surface area contributed by atoms with Gasteiger partial charge in [0, 0.05) is 19.1 Å². The van der Waals surface area contributed by atoms with Gasteiger partial charge in [0.25, 0.3) is 0 Å². The van der Waals surface area contributed by atoms with Gasteiger partial charge in [-0.3, -0.25) is 4.90 Å². The molecule has 0 aliphatic carbocycles. The van der Waals surface area contributed by atoms with E-state index in [1.54, 1.807) is 7.11 Å². The Balaban J connectivity index is 2.64. The number of hydrogen-bond donors (Lipinski definition) is 1. The van der Waals surface area contributed by atoms with Crippen molar-refractivity contribution in [2.75, 3.05) is 13.7 Å². The lowest BCUT2D eigenvalue weighted by molar-refractivity contribution is 0.0881. The summed E-state index contributed by atoms with van der Waals surface area (Å²) in [7, 11) is 1.67. The standard InChI is InChI=1S/C15H25NO2/c1-5-14(17)11-16(12(2)3)10-13-6-8-15(18-4)9-7-13/h6-9,12,14,17H,5,10-11H2,1-4H3/t14-/m1/s1. The maximum Gasteiger partial charge on any atom is 0.118 e. The van der Waals surface area contributed by atoms with Gasteiger partial charge in [-0.1, -0.05) is 19.1 Å². The Morgan fingerprint density at radius 3 is 2.28 bits per heavy atom. The molecule has 0 bridgehead atoms. The van der Waals surface area contributed by atoms with Crippen LogP contribution in [-0.4, -0.2) is 35.8 Å². The monoisotopic (exact) mass is 251 g/mol. The second-order valence-corrected chi connectivity index (χ2v) is 4.93. The number of benzene rings is 1. The first kappa shape index (κ1) is 15.0. The highest BCUT2D eigenvalue weighted by molar-refractivity contribution is 5.27. The Labute approximate surface area is 110 Å². The fraction of sp³-hybridized carbons (Fsp3) is 0.600. The minimum Gasteiger partial charge on any atom is -0.497 e. The lowest BCUT2D eigenvalue weighted by atomic mass is 10.1. The van der Waals surface area contributed by atoms with Gasteiger partial charge in [0.2, 0.25) is 0 Å². The van der Waals surface area contributed by atoms with E-state index in [0.717, 1.165) is 25.3 Å². The molecule has 0 unspecified atom stereocenters. The molecule has 18 heavy (non-hydrogen) atoms. The summed E-state index contributed by atoms with van der Waals surface area (Å²) in [5, 5.41) is 9.78. The summed E-state index contributed by atoms with van der Waals surface area (Å²) in [5.74, 6) is 0.878. The van der Waals surface area contributed by atoms with Crippen molar-refractivity contribution in [1.29, 1.82) is 0 Å². The molecule has 0 aromatic heterocycles. The van der Waals surface area contributed by atoms with Crippen LogP contribution in [-0.2, 0) is 6.54 Å². The van der Waals surface area contributed by atoms with E-state index in [1.165, 1.54) is 5.56 Å². The van der Waals surface area contributed by atoms with E-state index < -0.39 is 0 Å².